The molecule has 1 aromatic carbocycles. The van der Waals surface area contributed by atoms with E-state index in [4.69, 9.17) is 16.7 Å². The quantitative estimate of drug-likeness (QED) is 0.820. The number of aliphatic hydroxyl groups excluding tert-OH is 1. The summed E-state index contributed by atoms with van der Waals surface area (Å²) in [5, 5.41) is 11.0. The van der Waals surface area contributed by atoms with Crippen molar-refractivity contribution in [1.82, 2.24) is 5.32 Å². The van der Waals surface area contributed by atoms with Crippen molar-refractivity contribution in [2.75, 3.05) is 13.2 Å². The van der Waals surface area contributed by atoms with Crippen molar-refractivity contribution in [2.24, 2.45) is 5.41 Å². The molecule has 0 saturated carbocycles. The van der Waals surface area contributed by atoms with E-state index in [0.29, 0.717) is 6.42 Å². The van der Waals surface area contributed by atoms with Crippen LogP contribution in [0.15, 0.2) is 12.1 Å². The van der Waals surface area contributed by atoms with Gasteiger partial charge in [-0.1, -0.05) is 25.4 Å². The molecule has 1 aromatic rings. The molecule has 1 rings (SSSR count). The van der Waals surface area contributed by atoms with Gasteiger partial charge in [0.15, 0.2) is 0 Å². The second-order valence-electron chi connectivity index (χ2n) is 5.07. The first-order valence-corrected chi connectivity index (χ1v) is 6.18. The van der Waals surface area contributed by atoms with Crippen molar-refractivity contribution in [3.8, 4) is 0 Å². The fourth-order valence-corrected chi connectivity index (χ4v) is 1.65. The molecule has 0 spiro atoms. The van der Waals surface area contributed by atoms with Crippen LogP contribution >= 0.6 is 11.6 Å². The van der Waals surface area contributed by atoms with E-state index < -0.39 is 17.5 Å². The van der Waals surface area contributed by atoms with Gasteiger partial charge in [0.2, 0.25) is 0 Å². The normalized spacial score (nSPS) is 11.5. The topological polar surface area (TPSA) is 49.3 Å². The molecule has 0 radical (unpaired) electrons. The Balaban J connectivity index is 2.77. The van der Waals surface area contributed by atoms with Crippen LogP contribution in [0.2, 0.25) is 5.02 Å². The van der Waals surface area contributed by atoms with Crippen molar-refractivity contribution in [2.45, 2.75) is 20.3 Å². The van der Waals surface area contributed by atoms with Crippen molar-refractivity contribution in [1.29, 1.82) is 0 Å². The molecule has 0 bridgehead atoms. The Hall–Kier alpha value is -1.20. The van der Waals surface area contributed by atoms with Gasteiger partial charge in [-0.05, 0) is 24.0 Å². The molecular weight excluding hydrogens is 276 g/mol. The lowest BCUT2D eigenvalue weighted by Gasteiger charge is -2.23. The first-order chi connectivity index (χ1) is 8.76. The maximum Gasteiger partial charge on any atom is 0.254 e. The third-order valence-corrected chi connectivity index (χ3v) is 3.06. The summed E-state index contributed by atoms with van der Waals surface area (Å²) in [5.41, 5.74) is -0.715. The molecule has 106 valence electrons. The third kappa shape index (κ3) is 4.44. The van der Waals surface area contributed by atoms with Gasteiger partial charge in [-0.15, -0.1) is 0 Å². The van der Waals surface area contributed by atoms with Crippen LogP contribution in [0.5, 0.6) is 0 Å². The lowest BCUT2D eigenvalue weighted by atomic mass is 9.89. The Labute approximate surface area is 115 Å². The molecule has 0 heterocycles. The van der Waals surface area contributed by atoms with Gasteiger partial charge in [0, 0.05) is 13.2 Å². The molecule has 0 unspecified atom stereocenters. The van der Waals surface area contributed by atoms with Gasteiger partial charge in [0.1, 0.15) is 11.6 Å². The first kappa shape index (κ1) is 15.9. The summed E-state index contributed by atoms with van der Waals surface area (Å²) in [6.07, 6.45) is 0.491. The zero-order valence-corrected chi connectivity index (χ0v) is 11.5. The summed E-state index contributed by atoms with van der Waals surface area (Å²) in [5.74, 6) is -2.43. The fourth-order valence-electron chi connectivity index (χ4n) is 1.50. The van der Waals surface area contributed by atoms with Crippen molar-refractivity contribution in [3.63, 3.8) is 0 Å². The van der Waals surface area contributed by atoms with E-state index in [1.807, 2.05) is 13.8 Å². The molecule has 6 heteroatoms. The number of hydrogen-bond acceptors (Lipinski definition) is 2. The summed E-state index contributed by atoms with van der Waals surface area (Å²) in [6.45, 7) is 3.94. The lowest BCUT2D eigenvalue weighted by Crippen LogP contribution is -2.35. The molecule has 0 aliphatic carbocycles. The average Bonchev–Trinajstić information content (AvgIpc) is 2.31. The molecular formula is C13H16ClF2NO2. The number of rotatable bonds is 5. The SMILES string of the molecule is CC(C)(CCO)CNC(=O)c1cc(F)c(Cl)cc1F. The molecule has 0 fully saturated rings. The largest absolute Gasteiger partial charge is 0.396 e. The minimum Gasteiger partial charge on any atom is -0.396 e. The minimum atomic E-state index is -0.871. The zero-order valence-electron chi connectivity index (χ0n) is 10.8. The van der Waals surface area contributed by atoms with Crippen LogP contribution in [0, 0.1) is 17.0 Å². The van der Waals surface area contributed by atoms with E-state index in [-0.39, 0.29) is 29.2 Å². The Morgan fingerprint density at radius 3 is 2.58 bits per heavy atom. The molecule has 19 heavy (non-hydrogen) atoms. The molecule has 2 N–H and O–H groups in total. The predicted octanol–water partition coefficient (Wildman–Crippen LogP) is 2.76. The van der Waals surface area contributed by atoms with Gasteiger partial charge in [-0.3, -0.25) is 4.79 Å². The second-order valence-corrected chi connectivity index (χ2v) is 5.47. The Bertz CT molecular complexity index is 478. The number of carbonyl (C=O) groups excluding carboxylic acids is 1. The zero-order chi connectivity index (χ0) is 14.6. The van der Waals surface area contributed by atoms with E-state index in [1.54, 1.807) is 0 Å². The summed E-state index contributed by atoms with van der Waals surface area (Å²) >= 11 is 5.41. The fraction of sp³-hybridized carbons (Fsp3) is 0.462. The van der Waals surface area contributed by atoms with Crippen molar-refractivity contribution in [3.05, 3.63) is 34.4 Å². The smallest absolute Gasteiger partial charge is 0.254 e. The highest BCUT2D eigenvalue weighted by atomic mass is 35.5. The van der Waals surface area contributed by atoms with Crippen LogP contribution < -0.4 is 5.32 Å². The number of halogens is 3. The summed E-state index contributed by atoms with van der Waals surface area (Å²) in [7, 11) is 0. The van der Waals surface area contributed by atoms with Crippen molar-refractivity contribution < 1.29 is 18.7 Å². The van der Waals surface area contributed by atoms with E-state index in [0.717, 1.165) is 12.1 Å². The van der Waals surface area contributed by atoms with Crippen molar-refractivity contribution >= 4 is 17.5 Å². The molecule has 1 amide bonds. The number of benzene rings is 1. The van der Waals surface area contributed by atoms with Crippen LogP contribution in [0.1, 0.15) is 30.6 Å². The number of aliphatic hydroxyl groups is 1. The molecule has 0 saturated heterocycles. The van der Waals surface area contributed by atoms with E-state index in [2.05, 4.69) is 5.32 Å². The standard InChI is InChI=1S/C13H16ClF2NO2/c1-13(2,3-4-18)7-17-12(19)8-5-11(16)9(14)6-10(8)15/h5-6,18H,3-4,7H2,1-2H3,(H,17,19). The average molecular weight is 292 g/mol. The van der Waals surface area contributed by atoms with Gasteiger partial charge >= 0.3 is 0 Å². The number of hydrogen-bond donors (Lipinski definition) is 2. The minimum absolute atomic E-state index is 0.00714. The van der Waals surface area contributed by atoms with Crippen LogP contribution in [0.4, 0.5) is 8.78 Å². The van der Waals surface area contributed by atoms with Crippen LogP contribution in [-0.4, -0.2) is 24.2 Å². The highest BCUT2D eigenvalue weighted by Gasteiger charge is 2.20. The van der Waals surface area contributed by atoms with E-state index in [1.165, 1.54) is 0 Å². The van der Waals surface area contributed by atoms with Gasteiger partial charge in [0.25, 0.3) is 5.91 Å². The Morgan fingerprint density at radius 1 is 1.37 bits per heavy atom. The Kier molecular flexibility index (Phi) is 5.26. The highest BCUT2D eigenvalue weighted by molar-refractivity contribution is 6.30. The van der Waals surface area contributed by atoms with Gasteiger partial charge < -0.3 is 10.4 Å². The van der Waals surface area contributed by atoms with E-state index in [9.17, 15) is 13.6 Å². The van der Waals surface area contributed by atoms with Crippen LogP contribution in [0.25, 0.3) is 0 Å². The summed E-state index contributed by atoms with van der Waals surface area (Å²) in [4.78, 5) is 11.8. The Morgan fingerprint density at radius 2 is 2.00 bits per heavy atom. The third-order valence-electron chi connectivity index (χ3n) is 2.77. The summed E-state index contributed by atoms with van der Waals surface area (Å²) < 4.78 is 26.7. The first-order valence-electron chi connectivity index (χ1n) is 5.80. The van der Waals surface area contributed by atoms with Gasteiger partial charge in [0.05, 0.1) is 10.6 Å². The lowest BCUT2D eigenvalue weighted by molar-refractivity contribution is 0.0923. The number of amides is 1. The molecule has 3 nitrogen and oxygen atoms in total. The van der Waals surface area contributed by atoms with Crippen LogP contribution in [-0.2, 0) is 0 Å². The molecule has 0 atom stereocenters. The highest BCUT2D eigenvalue weighted by Crippen LogP contribution is 2.21. The number of carbonyl (C=O) groups is 1. The maximum atomic E-state index is 13.5. The molecule has 0 aliphatic rings. The summed E-state index contributed by atoms with van der Waals surface area (Å²) in [6, 6.07) is 1.54. The second kappa shape index (κ2) is 6.30. The number of nitrogens with one attached hydrogen (secondary N) is 1. The monoisotopic (exact) mass is 291 g/mol. The predicted molar refractivity (Wildman–Crippen MR) is 69.2 cm³/mol. The van der Waals surface area contributed by atoms with Gasteiger partial charge in [-0.2, -0.15) is 0 Å². The van der Waals surface area contributed by atoms with Gasteiger partial charge in [-0.25, -0.2) is 8.78 Å². The molecule has 0 aliphatic heterocycles. The molecule has 0 aromatic heterocycles. The maximum absolute atomic E-state index is 13.5. The van der Waals surface area contributed by atoms with E-state index >= 15 is 0 Å². The van der Waals surface area contributed by atoms with Crippen LogP contribution in [0.3, 0.4) is 0 Å².